The molecule has 1 aliphatic carbocycles. The molecule has 1 amide bonds. The van der Waals surface area contributed by atoms with Gasteiger partial charge in [0.25, 0.3) is 0 Å². The van der Waals surface area contributed by atoms with E-state index < -0.39 is 5.41 Å². The Labute approximate surface area is 257 Å². The molecule has 1 aliphatic heterocycles. The Bertz CT molecular complexity index is 1480. The number of fused-ring (bicyclic) bond motifs is 1. The number of Topliss-reactive ketones (excluding diaryl/α,β-unsaturated/α-hetero) is 1. The zero-order valence-electron chi connectivity index (χ0n) is 25.2. The zero-order valence-corrected chi connectivity index (χ0v) is 26.8. The lowest BCUT2D eigenvalue weighted by Crippen LogP contribution is -2.42. The number of hydrogen-bond acceptors (Lipinski definition) is 7. The van der Waals surface area contributed by atoms with Crippen molar-refractivity contribution < 1.29 is 14.3 Å². The van der Waals surface area contributed by atoms with Crippen LogP contribution in [0.25, 0.3) is 0 Å². The third-order valence-electron chi connectivity index (χ3n) is 8.60. The largest absolute Gasteiger partial charge is 0.495 e. The van der Waals surface area contributed by atoms with Crippen molar-refractivity contribution in [2.45, 2.75) is 57.3 Å². The van der Waals surface area contributed by atoms with Gasteiger partial charge in [0, 0.05) is 31.1 Å². The first-order chi connectivity index (χ1) is 20.1. The number of likely N-dealkylation sites (N-methyl/N-ethyl adjacent to an activating group) is 1. The summed E-state index contributed by atoms with van der Waals surface area (Å²) in [4.78, 5) is 38.3. The minimum Gasteiger partial charge on any atom is -0.495 e. The first-order valence-corrected chi connectivity index (χ1v) is 15.4. The lowest BCUT2D eigenvalue weighted by Gasteiger charge is -2.33. The zero-order chi connectivity index (χ0) is 30.0. The highest BCUT2D eigenvalue weighted by molar-refractivity contribution is 9.10. The highest BCUT2D eigenvalue weighted by atomic mass is 79.9. The number of carbonyl (C=O) groups excluding carboxylic acids is 2. The predicted octanol–water partition coefficient (Wildman–Crippen LogP) is 5.45. The fourth-order valence-corrected chi connectivity index (χ4v) is 6.64. The molecule has 9 heteroatoms. The maximum Gasteiger partial charge on any atom is 0.236 e. The minimum atomic E-state index is -0.454. The summed E-state index contributed by atoms with van der Waals surface area (Å²) in [6.07, 6.45) is 5.66. The number of anilines is 2. The summed E-state index contributed by atoms with van der Waals surface area (Å²) in [7, 11) is 5.52. The fourth-order valence-electron chi connectivity index (χ4n) is 6.25. The number of methoxy groups -OCH3 is 1. The second-order valence-corrected chi connectivity index (χ2v) is 13.0. The van der Waals surface area contributed by atoms with Crippen LogP contribution >= 0.6 is 15.9 Å². The number of ether oxygens (including phenoxy) is 1. The van der Waals surface area contributed by atoms with Crippen LogP contribution in [0.15, 0.2) is 47.1 Å². The average molecular weight is 635 g/mol. The molecule has 1 fully saturated rings. The molecule has 222 valence electrons. The molecule has 42 heavy (non-hydrogen) atoms. The van der Waals surface area contributed by atoms with E-state index in [1.807, 2.05) is 43.8 Å². The normalized spacial score (nSPS) is 16.5. The molecule has 0 spiro atoms. The third kappa shape index (κ3) is 6.37. The molecule has 0 atom stereocenters. The van der Waals surface area contributed by atoms with Gasteiger partial charge in [-0.3, -0.25) is 9.59 Å². The van der Waals surface area contributed by atoms with Crippen LogP contribution in [-0.4, -0.2) is 72.3 Å². The number of rotatable bonds is 9. The molecule has 0 unspecified atom stereocenters. The van der Waals surface area contributed by atoms with Gasteiger partial charge in [0.15, 0.2) is 0 Å². The number of piperidine rings is 1. The van der Waals surface area contributed by atoms with Gasteiger partial charge in [0.1, 0.15) is 11.5 Å². The van der Waals surface area contributed by atoms with Crippen molar-refractivity contribution in [1.29, 1.82) is 0 Å². The highest BCUT2D eigenvalue weighted by Crippen LogP contribution is 2.39. The van der Waals surface area contributed by atoms with Gasteiger partial charge in [-0.1, -0.05) is 24.3 Å². The predicted molar refractivity (Wildman–Crippen MR) is 169 cm³/mol. The van der Waals surface area contributed by atoms with Crippen molar-refractivity contribution in [1.82, 2.24) is 19.8 Å². The third-order valence-corrected chi connectivity index (χ3v) is 9.26. The summed E-state index contributed by atoms with van der Waals surface area (Å²) >= 11 is 3.63. The van der Waals surface area contributed by atoms with E-state index in [-0.39, 0.29) is 11.7 Å². The van der Waals surface area contributed by atoms with Gasteiger partial charge in [-0.15, -0.1) is 0 Å². The van der Waals surface area contributed by atoms with Crippen molar-refractivity contribution >= 4 is 39.3 Å². The van der Waals surface area contributed by atoms with Crippen molar-refractivity contribution in [3.8, 4) is 5.75 Å². The smallest absolute Gasteiger partial charge is 0.236 e. The molecule has 1 N–H and O–H groups in total. The number of ketones is 1. The summed E-state index contributed by atoms with van der Waals surface area (Å²) in [5.41, 5.74) is 5.98. The van der Waals surface area contributed by atoms with Crippen LogP contribution in [0.5, 0.6) is 5.75 Å². The van der Waals surface area contributed by atoms with Crippen LogP contribution in [0.4, 0.5) is 11.6 Å². The number of likely N-dealkylation sites (tertiary alicyclic amines) is 1. The van der Waals surface area contributed by atoms with Crippen LogP contribution in [-0.2, 0) is 34.3 Å². The summed E-state index contributed by atoms with van der Waals surface area (Å²) in [6.45, 7) is 6.06. The maximum absolute atomic E-state index is 12.6. The van der Waals surface area contributed by atoms with Gasteiger partial charge in [0.2, 0.25) is 11.9 Å². The molecular formula is C33H40BrN5O3. The standard InChI is InChI=1S/C33H40BrN5O3/c1-33(2)29(40)18-24-8-6-7-22(31(24)33)9-11-26-25(34)19-35-32(36-26)37-27-12-10-23(17-28(27)42-5)21-13-15-39(16-14-21)30(41)20-38(3)4/h6-8,10,12,17,19,21H,9,11,13-16,18,20H2,1-5H3,(H,35,36,37). The second kappa shape index (κ2) is 12.5. The lowest BCUT2D eigenvalue weighted by atomic mass is 9.82. The molecule has 1 saturated heterocycles. The SMILES string of the molecule is COc1cc(C2CCN(C(=O)CN(C)C)CC2)ccc1Nc1ncc(Br)c(CCc2cccc3c2C(C)(C)C(=O)C3)n1. The molecule has 0 saturated carbocycles. The maximum atomic E-state index is 12.6. The number of amides is 1. The number of nitrogens with one attached hydrogen (secondary N) is 1. The first-order valence-electron chi connectivity index (χ1n) is 14.6. The summed E-state index contributed by atoms with van der Waals surface area (Å²) in [5, 5.41) is 3.35. The quantitative estimate of drug-likeness (QED) is 0.335. The van der Waals surface area contributed by atoms with Crippen LogP contribution < -0.4 is 10.1 Å². The number of carbonyl (C=O) groups is 2. The number of benzene rings is 2. The fraction of sp³-hybridized carbons (Fsp3) is 0.455. The molecule has 3 aromatic rings. The van der Waals surface area contributed by atoms with Crippen molar-refractivity contribution in [3.05, 3.63) is 75.0 Å². The number of hydrogen-bond donors (Lipinski definition) is 1. The van der Waals surface area contributed by atoms with Crippen LogP contribution in [0, 0.1) is 0 Å². The molecule has 0 radical (unpaired) electrons. The minimum absolute atomic E-state index is 0.191. The van der Waals surface area contributed by atoms with Crippen LogP contribution in [0.3, 0.4) is 0 Å². The molecule has 1 aromatic heterocycles. The van der Waals surface area contributed by atoms with Gasteiger partial charge >= 0.3 is 0 Å². The van der Waals surface area contributed by atoms with E-state index in [1.165, 1.54) is 16.7 Å². The summed E-state index contributed by atoms with van der Waals surface area (Å²) < 4.78 is 6.61. The molecule has 2 aromatic carbocycles. The van der Waals surface area contributed by atoms with E-state index in [1.54, 1.807) is 13.3 Å². The Balaban J connectivity index is 1.26. The van der Waals surface area contributed by atoms with E-state index in [4.69, 9.17) is 9.72 Å². The van der Waals surface area contributed by atoms with Gasteiger partial charge in [-0.05, 0) is 110 Å². The monoisotopic (exact) mass is 633 g/mol. The molecule has 8 nitrogen and oxygen atoms in total. The van der Waals surface area contributed by atoms with E-state index in [0.29, 0.717) is 31.3 Å². The van der Waals surface area contributed by atoms with Crippen molar-refractivity contribution in [2.75, 3.05) is 46.2 Å². The molecular weight excluding hydrogens is 594 g/mol. The topological polar surface area (TPSA) is 87.7 Å². The van der Waals surface area contributed by atoms with E-state index >= 15 is 0 Å². The number of nitrogens with zero attached hydrogens (tertiary/aromatic N) is 4. The molecule has 2 aliphatic rings. The van der Waals surface area contributed by atoms with E-state index in [0.717, 1.165) is 59.5 Å². The average Bonchev–Trinajstić information content (AvgIpc) is 3.21. The van der Waals surface area contributed by atoms with Gasteiger partial charge in [0.05, 0.1) is 29.5 Å². The van der Waals surface area contributed by atoms with E-state index in [2.05, 4.69) is 56.6 Å². The Kier molecular flexibility index (Phi) is 8.99. The second-order valence-electron chi connectivity index (χ2n) is 12.1. The number of aromatic nitrogens is 2. The van der Waals surface area contributed by atoms with Gasteiger partial charge < -0.3 is 19.9 Å². The first kappa shape index (κ1) is 30.2. The Hall–Kier alpha value is -3.30. The van der Waals surface area contributed by atoms with Gasteiger partial charge in [-0.2, -0.15) is 0 Å². The summed E-state index contributed by atoms with van der Waals surface area (Å²) in [6, 6.07) is 12.5. The van der Waals surface area contributed by atoms with Gasteiger partial charge in [-0.25, -0.2) is 9.97 Å². The van der Waals surface area contributed by atoms with E-state index in [9.17, 15) is 9.59 Å². The highest BCUT2D eigenvalue weighted by Gasteiger charge is 2.39. The Morgan fingerprint density at radius 1 is 1.17 bits per heavy atom. The molecule has 0 bridgehead atoms. The number of halogens is 1. The van der Waals surface area contributed by atoms with Crippen molar-refractivity contribution in [2.24, 2.45) is 0 Å². The van der Waals surface area contributed by atoms with Crippen LogP contribution in [0.1, 0.15) is 60.6 Å². The Morgan fingerprint density at radius 2 is 1.93 bits per heavy atom. The van der Waals surface area contributed by atoms with Crippen molar-refractivity contribution in [3.63, 3.8) is 0 Å². The summed E-state index contributed by atoms with van der Waals surface area (Å²) in [5.74, 6) is 2.09. The lowest BCUT2D eigenvalue weighted by molar-refractivity contribution is -0.132. The molecule has 2 heterocycles. The molecule has 5 rings (SSSR count). The van der Waals surface area contributed by atoms with Crippen LogP contribution in [0.2, 0.25) is 0 Å². The Morgan fingerprint density at radius 3 is 2.64 bits per heavy atom. The number of aryl methyl sites for hydroxylation is 2.